The molecule has 2 aromatic carbocycles. The largest absolute Gasteiger partial charge is 0.437 e. The van der Waals surface area contributed by atoms with E-state index in [0.29, 0.717) is 17.1 Å². The minimum absolute atomic E-state index is 0.203. The van der Waals surface area contributed by atoms with Gasteiger partial charge in [-0.25, -0.2) is 18.4 Å². The van der Waals surface area contributed by atoms with E-state index < -0.39 is 9.84 Å². The molecule has 0 unspecified atom stereocenters. The summed E-state index contributed by atoms with van der Waals surface area (Å²) in [7, 11) is -3.27. The molecule has 5 nitrogen and oxygen atoms in total. The number of para-hydroxylation sites is 2. The number of fused-ring (bicyclic) bond motifs is 1. The fraction of sp³-hybridized carbons (Fsp3) is 0.0667. The molecule has 1 heterocycles. The lowest BCUT2D eigenvalue weighted by Crippen LogP contribution is -1.97. The molecule has 6 heteroatoms. The summed E-state index contributed by atoms with van der Waals surface area (Å²) in [5.74, 6) is 0.724. The van der Waals surface area contributed by atoms with Gasteiger partial charge in [-0.3, -0.25) is 0 Å². The van der Waals surface area contributed by atoms with Crippen molar-refractivity contribution in [2.75, 3.05) is 6.26 Å². The SMILES string of the molecule is CS(=O)(=O)c1cccc(Oc2cnc3ccccc3n2)c1. The first-order chi connectivity index (χ1) is 10.0. The van der Waals surface area contributed by atoms with Crippen molar-refractivity contribution in [1.82, 2.24) is 9.97 Å². The molecule has 0 saturated heterocycles. The number of aromatic nitrogens is 2. The maximum absolute atomic E-state index is 11.5. The molecule has 0 aliphatic rings. The first kappa shape index (κ1) is 13.5. The minimum atomic E-state index is -3.27. The summed E-state index contributed by atoms with van der Waals surface area (Å²) in [6, 6.07) is 13.7. The molecule has 0 amide bonds. The molecule has 3 rings (SSSR count). The molecule has 0 radical (unpaired) electrons. The third-order valence-electron chi connectivity index (χ3n) is 2.88. The Hall–Kier alpha value is -2.47. The molecule has 0 fully saturated rings. The molecule has 0 N–H and O–H groups in total. The first-order valence-electron chi connectivity index (χ1n) is 6.22. The van der Waals surface area contributed by atoms with Crippen molar-refractivity contribution >= 4 is 20.9 Å². The number of rotatable bonds is 3. The number of sulfone groups is 1. The highest BCUT2D eigenvalue weighted by Gasteiger charge is 2.09. The molecule has 106 valence electrons. The van der Waals surface area contributed by atoms with E-state index in [-0.39, 0.29) is 4.90 Å². The Morgan fingerprint density at radius 1 is 1.00 bits per heavy atom. The van der Waals surface area contributed by atoms with E-state index in [1.54, 1.807) is 12.1 Å². The van der Waals surface area contributed by atoms with E-state index in [0.717, 1.165) is 11.8 Å². The fourth-order valence-corrected chi connectivity index (χ4v) is 2.53. The van der Waals surface area contributed by atoms with E-state index >= 15 is 0 Å². The fourth-order valence-electron chi connectivity index (χ4n) is 1.88. The van der Waals surface area contributed by atoms with Crippen LogP contribution < -0.4 is 4.74 Å². The summed E-state index contributed by atoms with van der Waals surface area (Å²) in [5.41, 5.74) is 1.49. The molecular formula is C15H12N2O3S. The molecule has 0 atom stereocenters. The molecule has 0 aliphatic carbocycles. The predicted molar refractivity (Wildman–Crippen MR) is 79.2 cm³/mol. The van der Waals surface area contributed by atoms with Gasteiger partial charge in [-0.15, -0.1) is 0 Å². The lowest BCUT2D eigenvalue weighted by Gasteiger charge is -2.06. The second-order valence-corrected chi connectivity index (χ2v) is 6.56. The summed E-state index contributed by atoms with van der Waals surface area (Å²) in [4.78, 5) is 8.77. The van der Waals surface area contributed by atoms with Crippen molar-refractivity contribution in [2.45, 2.75) is 4.90 Å². The second-order valence-electron chi connectivity index (χ2n) is 4.55. The van der Waals surface area contributed by atoms with Crippen LogP contribution in [0.25, 0.3) is 11.0 Å². The Morgan fingerprint density at radius 2 is 1.76 bits per heavy atom. The standard InChI is InChI=1S/C15H12N2O3S/c1-21(18,19)12-6-4-5-11(9-12)20-15-10-16-13-7-2-3-8-14(13)17-15/h2-10H,1H3. The summed E-state index contributed by atoms with van der Waals surface area (Å²) < 4.78 is 28.6. The Morgan fingerprint density at radius 3 is 2.52 bits per heavy atom. The molecule has 0 bridgehead atoms. The van der Waals surface area contributed by atoms with Crippen molar-refractivity contribution in [3.63, 3.8) is 0 Å². The van der Waals surface area contributed by atoms with Crippen LogP contribution in [0.3, 0.4) is 0 Å². The van der Waals surface area contributed by atoms with Gasteiger partial charge in [0.2, 0.25) is 5.88 Å². The zero-order chi connectivity index (χ0) is 14.9. The van der Waals surface area contributed by atoms with Crippen LogP contribution in [-0.4, -0.2) is 24.6 Å². The maximum atomic E-state index is 11.5. The van der Waals surface area contributed by atoms with Crippen molar-refractivity contribution in [3.8, 4) is 11.6 Å². The van der Waals surface area contributed by atoms with Crippen molar-refractivity contribution in [1.29, 1.82) is 0 Å². The number of ether oxygens (including phenoxy) is 1. The first-order valence-corrected chi connectivity index (χ1v) is 8.11. The molecular weight excluding hydrogens is 288 g/mol. The van der Waals surface area contributed by atoms with Gasteiger partial charge in [-0.2, -0.15) is 0 Å². The summed E-state index contributed by atoms with van der Waals surface area (Å²) in [6.07, 6.45) is 2.66. The zero-order valence-electron chi connectivity index (χ0n) is 11.2. The van der Waals surface area contributed by atoms with Crippen LogP contribution in [0, 0.1) is 0 Å². The lowest BCUT2D eigenvalue weighted by atomic mass is 10.3. The van der Waals surface area contributed by atoms with Crippen LogP contribution in [0.4, 0.5) is 0 Å². The smallest absolute Gasteiger partial charge is 0.238 e. The Kier molecular flexibility index (Phi) is 3.31. The summed E-state index contributed by atoms with van der Waals surface area (Å²) in [5, 5.41) is 0. The van der Waals surface area contributed by atoms with Gasteiger partial charge in [0.1, 0.15) is 5.75 Å². The molecule has 1 aromatic heterocycles. The van der Waals surface area contributed by atoms with Crippen molar-refractivity contribution in [3.05, 3.63) is 54.7 Å². The van der Waals surface area contributed by atoms with E-state index in [1.165, 1.54) is 18.3 Å². The molecule has 21 heavy (non-hydrogen) atoms. The average molecular weight is 300 g/mol. The van der Waals surface area contributed by atoms with Gasteiger partial charge in [0.15, 0.2) is 9.84 Å². The number of hydrogen-bond acceptors (Lipinski definition) is 5. The van der Waals surface area contributed by atoms with Gasteiger partial charge in [0, 0.05) is 6.26 Å². The zero-order valence-corrected chi connectivity index (χ0v) is 12.0. The van der Waals surface area contributed by atoms with Crippen LogP contribution in [0.5, 0.6) is 11.6 Å². The van der Waals surface area contributed by atoms with Crippen LogP contribution in [0.15, 0.2) is 59.6 Å². The minimum Gasteiger partial charge on any atom is -0.437 e. The quantitative estimate of drug-likeness (QED) is 0.744. The van der Waals surface area contributed by atoms with Gasteiger partial charge in [0.25, 0.3) is 0 Å². The highest BCUT2D eigenvalue weighted by atomic mass is 32.2. The average Bonchev–Trinajstić information content (AvgIpc) is 2.46. The number of hydrogen-bond donors (Lipinski definition) is 0. The van der Waals surface area contributed by atoms with E-state index in [1.807, 2.05) is 24.3 Å². The topological polar surface area (TPSA) is 69.2 Å². The number of benzene rings is 2. The normalized spacial score (nSPS) is 11.5. The van der Waals surface area contributed by atoms with Gasteiger partial charge < -0.3 is 4.74 Å². The molecule has 3 aromatic rings. The monoisotopic (exact) mass is 300 g/mol. The molecule has 0 saturated carbocycles. The van der Waals surface area contributed by atoms with Crippen LogP contribution in [-0.2, 0) is 9.84 Å². The third kappa shape index (κ3) is 3.00. The second kappa shape index (κ2) is 5.14. The van der Waals surface area contributed by atoms with Crippen LogP contribution in [0.1, 0.15) is 0 Å². The van der Waals surface area contributed by atoms with Crippen LogP contribution >= 0.6 is 0 Å². The molecule has 0 spiro atoms. The van der Waals surface area contributed by atoms with Gasteiger partial charge in [-0.05, 0) is 30.3 Å². The highest BCUT2D eigenvalue weighted by Crippen LogP contribution is 2.23. The maximum Gasteiger partial charge on any atom is 0.238 e. The van der Waals surface area contributed by atoms with Crippen LogP contribution in [0.2, 0.25) is 0 Å². The predicted octanol–water partition coefficient (Wildman–Crippen LogP) is 2.83. The Labute approximate surface area is 122 Å². The van der Waals surface area contributed by atoms with Gasteiger partial charge in [-0.1, -0.05) is 18.2 Å². The Balaban J connectivity index is 1.95. The van der Waals surface area contributed by atoms with Crippen molar-refractivity contribution < 1.29 is 13.2 Å². The molecule has 0 aliphatic heterocycles. The number of nitrogens with zero attached hydrogens (tertiary/aromatic N) is 2. The third-order valence-corrected chi connectivity index (χ3v) is 3.99. The van der Waals surface area contributed by atoms with E-state index in [4.69, 9.17) is 4.74 Å². The summed E-state index contributed by atoms with van der Waals surface area (Å²) in [6.45, 7) is 0. The highest BCUT2D eigenvalue weighted by molar-refractivity contribution is 7.90. The van der Waals surface area contributed by atoms with Gasteiger partial charge >= 0.3 is 0 Å². The Bertz CT molecular complexity index is 907. The van der Waals surface area contributed by atoms with E-state index in [2.05, 4.69) is 9.97 Å². The van der Waals surface area contributed by atoms with Gasteiger partial charge in [0.05, 0.1) is 22.1 Å². The lowest BCUT2D eigenvalue weighted by molar-refractivity contribution is 0.461. The van der Waals surface area contributed by atoms with E-state index in [9.17, 15) is 8.42 Å². The summed E-state index contributed by atoms with van der Waals surface area (Å²) >= 11 is 0. The van der Waals surface area contributed by atoms with Crippen molar-refractivity contribution in [2.24, 2.45) is 0 Å².